The molecule has 1 fully saturated rings. The fraction of sp³-hybridized carbons (Fsp3) is 0.846. The van der Waals surface area contributed by atoms with Gasteiger partial charge in [-0.2, -0.15) is 0 Å². The molecule has 0 aromatic rings. The van der Waals surface area contributed by atoms with Gasteiger partial charge in [-0.15, -0.1) is 0 Å². The van der Waals surface area contributed by atoms with E-state index in [1.807, 2.05) is 20.8 Å². The standard InChI is InChI=1S/C13H25N3O4/c1-13(2,3)16-8-9(6-10(16)17)15-12(18)14-7-11(19-4)20-5/h9,11H,6-8H2,1-5H3,(H2,14,15,18). The van der Waals surface area contributed by atoms with E-state index in [9.17, 15) is 9.59 Å². The second kappa shape index (κ2) is 6.90. The Balaban J connectivity index is 2.39. The van der Waals surface area contributed by atoms with Gasteiger partial charge in [0, 0.05) is 32.7 Å². The van der Waals surface area contributed by atoms with E-state index in [4.69, 9.17) is 9.47 Å². The summed E-state index contributed by atoms with van der Waals surface area (Å²) in [5.74, 6) is 0.0643. The van der Waals surface area contributed by atoms with Crippen LogP contribution in [0.1, 0.15) is 27.2 Å². The Morgan fingerprint density at radius 3 is 2.45 bits per heavy atom. The van der Waals surface area contributed by atoms with E-state index in [1.54, 1.807) is 4.90 Å². The zero-order chi connectivity index (χ0) is 15.3. The fourth-order valence-electron chi connectivity index (χ4n) is 2.13. The van der Waals surface area contributed by atoms with Crippen LogP contribution in [0.25, 0.3) is 0 Å². The van der Waals surface area contributed by atoms with Gasteiger partial charge in [-0.1, -0.05) is 0 Å². The predicted molar refractivity (Wildman–Crippen MR) is 74.2 cm³/mol. The number of hydrogen-bond acceptors (Lipinski definition) is 4. The maximum atomic E-state index is 11.9. The van der Waals surface area contributed by atoms with Gasteiger partial charge in [-0.05, 0) is 20.8 Å². The van der Waals surface area contributed by atoms with Crippen molar-refractivity contribution in [2.45, 2.75) is 45.1 Å². The van der Waals surface area contributed by atoms with E-state index in [1.165, 1.54) is 14.2 Å². The second-order valence-electron chi connectivity index (χ2n) is 5.83. The zero-order valence-corrected chi connectivity index (χ0v) is 12.9. The number of hydrogen-bond donors (Lipinski definition) is 2. The third kappa shape index (κ3) is 4.64. The molecule has 0 saturated carbocycles. The van der Waals surface area contributed by atoms with E-state index in [2.05, 4.69) is 10.6 Å². The first-order chi connectivity index (χ1) is 9.27. The van der Waals surface area contributed by atoms with Crippen molar-refractivity contribution in [3.05, 3.63) is 0 Å². The smallest absolute Gasteiger partial charge is 0.315 e. The maximum absolute atomic E-state index is 11.9. The number of carbonyl (C=O) groups is 2. The maximum Gasteiger partial charge on any atom is 0.315 e. The van der Waals surface area contributed by atoms with Gasteiger partial charge in [0.1, 0.15) is 0 Å². The molecular formula is C13H25N3O4. The number of carbonyl (C=O) groups excluding carboxylic acids is 2. The van der Waals surface area contributed by atoms with Crippen molar-refractivity contribution in [1.82, 2.24) is 15.5 Å². The molecule has 1 aliphatic rings. The van der Waals surface area contributed by atoms with E-state index < -0.39 is 6.29 Å². The van der Waals surface area contributed by atoms with Crippen molar-refractivity contribution in [1.29, 1.82) is 0 Å². The SMILES string of the molecule is COC(CNC(=O)NC1CC(=O)N(C(C)(C)C)C1)OC. The summed E-state index contributed by atoms with van der Waals surface area (Å²) in [7, 11) is 3.01. The van der Waals surface area contributed by atoms with Gasteiger partial charge < -0.3 is 25.0 Å². The number of nitrogens with one attached hydrogen (secondary N) is 2. The summed E-state index contributed by atoms with van der Waals surface area (Å²) in [5.41, 5.74) is -0.221. The van der Waals surface area contributed by atoms with Crippen molar-refractivity contribution in [3.63, 3.8) is 0 Å². The Kier molecular flexibility index (Phi) is 5.76. The molecule has 2 N–H and O–H groups in total. The molecule has 1 saturated heterocycles. The van der Waals surface area contributed by atoms with Crippen LogP contribution in [0.3, 0.4) is 0 Å². The number of urea groups is 1. The van der Waals surface area contributed by atoms with Crippen LogP contribution in [0.4, 0.5) is 4.79 Å². The third-order valence-electron chi connectivity index (χ3n) is 3.23. The predicted octanol–water partition coefficient (Wildman–Crippen LogP) is 0.304. The Morgan fingerprint density at radius 2 is 2.00 bits per heavy atom. The van der Waals surface area contributed by atoms with Gasteiger partial charge in [-0.3, -0.25) is 4.79 Å². The van der Waals surface area contributed by atoms with Crippen LogP contribution in [-0.4, -0.2) is 62.0 Å². The molecule has 7 nitrogen and oxygen atoms in total. The topological polar surface area (TPSA) is 79.9 Å². The Bertz CT molecular complexity index is 350. The first kappa shape index (κ1) is 16.7. The minimum Gasteiger partial charge on any atom is -0.354 e. The summed E-state index contributed by atoms with van der Waals surface area (Å²) in [4.78, 5) is 25.4. The zero-order valence-electron chi connectivity index (χ0n) is 12.9. The molecule has 0 radical (unpaired) electrons. The minimum atomic E-state index is -0.475. The van der Waals surface area contributed by atoms with Crippen molar-refractivity contribution >= 4 is 11.9 Å². The average Bonchev–Trinajstić information content (AvgIpc) is 2.71. The first-order valence-corrected chi connectivity index (χ1v) is 6.68. The molecule has 1 aliphatic heterocycles. The molecule has 7 heteroatoms. The molecule has 0 aromatic heterocycles. The lowest BCUT2D eigenvalue weighted by Gasteiger charge is -2.32. The van der Waals surface area contributed by atoms with Gasteiger partial charge in [0.25, 0.3) is 0 Å². The number of likely N-dealkylation sites (tertiary alicyclic amines) is 1. The van der Waals surface area contributed by atoms with Crippen LogP contribution < -0.4 is 10.6 Å². The van der Waals surface area contributed by atoms with Crippen LogP contribution in [0, 0.1) is 0 Å². The summed E-state index contributed by atoms with van der Waals surface area (Å²) in [6.07, 6.45) is -0.139. The first-order valence-electron chi connectivity index (χ1n) is 6.68. The highest BCUT2D eigenvalue weighted by Crippen LogP contribution is 2.21. The summed E-state index contributed by atoms with van der Waals surface area (Å²) in [6.45, 7) is 6.73. The van der Waals surface area contributed by atoms with Crippen LogP contribution in [0.2, 0.25) is 0 Å². The van der Waals surface area contributed by atoms with Crippen molar-refractivity contribution in [2.24, 2.45) is 0 Å². The monoisotopic (exact) mass is 287 g/mol. The van der Waals surface area contributed by atoms with Crippen LogP contribution >= 0.6 is 0 Å². The lowest BCUT2D eigenvalue weighted by molar-refractivity contribution is -0.131. The molecule has 1 heterocycles. The van der Waals surface area contributed by atoms with Crippen molar-refractivity contribution in [2.75, 3.05) is 27.3 Å². The van der Waals surface area contributed by atoms with E-state index in [-0.39, 0.29) is 30.1 Å². The largest absolute Gasteiger partial charge is 0.354 e. The Hall–Kier alpha value is -1.34. The number of amides is 3. The lowest BCUT2D eigenvalue weighted by atomic mass is 10.1. The van der Waals surface area contributed by atoms with E-state index >= 15 is 0 Å². The highest BCUT2D eigenvalue weighted by molar-refractivity contribution is 5.82. The third-order valence-corrected chi connectivity index (χ3v) is 3.23. The van der Waals surface area contributed by atoms with E-state index in [0.717, 1.165) is 0 Å². The van der Waals surface area contributed by atoms with Crippen LogP contribution in [-0.2, 0) is 14.3 Å². The van der Waals surface area contributed by atoms with Gasteiger partial charge >= 0.3 is 6.03 Å². The fourth-order valence-corrected chi connectivity index (χ4v) is 2.13. The number of rotatable bonds is 5. The summed E-state index contributed by atoms with van der Waals surface area (Å²) >= 11 is 0. The Labute approximate surface area is 120 Å². The molecule has 0 aromatic carbocycles. The average molecular weight is 287 g/mol. The molecule has 0 aliphatic carbocycles. The second-order valence-corrected chi connectivity index (χ2v) is 5.83. The molecule has 1 atom stereocenters. The van der Waals surface area contributed by atoms with Crippen molar-refractivity contribution < 1.29 is 19.1 Å². The molecule has 1 rings (SSSR count). The molecule has 1 unspecified atom stereocenters. The molecule has 0 spiro atoms. The van der Waals surface area contributed by atoms with Crippen LogP contribution in [0.15, 0.2) is 0 Å². The summed E-state index contributed by atoms with van der Waals surface area (Å²) in [6, 6.07) is -0.483. The normalized spacial score (nSPS) is 19.6. The molecule has 20 heavy (non-hydrogen) atoms. The van der Waals surface area contributed by atoms with Gasteiger partial charge in [-0.25, -0.2) is 4.79 Å². The van der Waals surface area contributed by atoms with Gasteiger partial charge in [0.05, 0.1) is 12.6 Å². The Morgan fingerprint density at radius 1 is 1.40 bits per heavy atom. The molecule has 3 amide bonds. The van der Waals surface area contributed by atoms with Gasteiger partial charge in [0.2, 0.25) is 5.91 Å². The summed E-state index contributed by atoms with van der Waals surface area (Å²) < 4.78 is 9.94. The van der Waals surface area contributed by atoms with Crippen LogP contribution in [0.5, 0.6) is 0 Å². The molecule has 116 valence electrons. The van der Waals surface area contributed by atoms with Gasteiger partial charge in [0.15, 0.2) is 6.29 Å². The molecule has 0 bridgehead atoms. The molecular weight excluding hydrogens is 262 g/mol. The quantitative estimate of drug-likeness (QED) is 0.713. The number of nitrogens with zero attached hydrogens (tertiary/aromatic N) is 1. The van der Waals surface area contributed by atoms with E-state index in [0.29, 0.717) is 13.0 Å². The summed E-state index contributed by atoms with van der Waals surface area (Å²) in [5, 5.41) is 5.44. The lowest BCUT2D eigenvalue weighted by Crippen LogP contribution is -2.47. The van der Waals surface area contributed by atoms with Crippen molar-refractivity contribution in [3.8, 4) is 0 Å². The number of methoxy groups -OCH3 is 2. The highest BCUT2D eigenvalue weighted by atomic mass is 16.7. The number of ether oxygens (including phenoxy) is 2. The minimum absolute atomic E-state index is 0.0643. The highest BCUT2D eigenvalue weighted by Gasteiger charge is 2.36.